The average Bonchev–Trinajstić information content (AvgIpc) is 3.14. The first-order valence-electron chi connectivity index (χ1n) is 6.90. The fraction of sp³-hybridized carbons (Fsp3) is 0.846. The van der Waals surface area contributed by atoms with Crippen LogP contribution in [0.1, 0.15) is 40.0 Å². The monoisotopic (exact) mass is 255 g/mol. The molecule has 104 valence electrons. The van der Waals surface area contributed by atoms with Crippen LogP contribution in [0.5, 0.6) is 0 Å². The van der Waals surface area contributed by atoms with Gasteiger partial charge < -0.3 is 15.5 Å². The smallest absolute Gasteiger partial charge is 0.237 e. The Bertz CT molecular complexity index is 286. The molecule has 0 aliphatic heterocycles. The second-order valence-corrected chi connectivity index (χ2v) is 4.77. The van der Waals surface area contributed by atoms with Crippen molar-refractivity contribution < 1.29 is 9.59 Å². The van der Waals surface area contributed by atoms with E-state index in [9.17, 15) is 9.59 Å². The Hall–Kier alpha value is -1.10. The molecular weight excluding hydrogens is 230 g/mol. The third kappa shape index (κ3) is 5.04. The summed E-state index contributed by atoms with van der Waals surface area (Å²) in [6.07, 6.45) is 2.64. The summed E-state index contributed by atoms with van der Waals surface area (Å²) in [4.78, 5) is 25.2. The maximum Gasteiger partial charge on any atom is 0.237 e. The van der Waals surface area contributed by atoms with E-state index in [0.29, 0.717) is 19.0 Å². The molecule has 0 aromatic carbocycles. The maximum absolute atomic E-state index is 11.7. The topological polar surface area (TPSA) is 61.4 Å². The number of amides is 2. The minimum Gasteiger partial charge on any atom is -0.352 e. The molecule has 0 spiro atoms. The summed E-state index contributed by atoms with van der Waals surface area (Å²) in [6, 6.07) is 0.161. The Morgan fingerprint density at radius 3 is 2.39 bits per heavy atom. The summed E-state index contributed by atoms with van der Waals surface area (Å²) >= 11 is 0. The van der Waals surface area contributed by atoms with Gasteiger partial charge in [0.05, 0.1) is 6.04 Å². The lowest BCUT2D eigenvalue weighted by Crippen LogP contribution is -2.44. The van der Waals surface area contributed by atoms with Crippen LogP contribution in [0, 0.1) is 0 Å². The zero-order chi connectivity index (χ0) is 13.5. The number of hydrogen-bond donors (Lipinski definition) is 2. The second kappa shape index (κ2) is 7.36. The van der Waals surface area contributed by atoms with Crippen molar-refractivity contribution in [1.82, 2.24) is 15.5 Å². The summed E-state index contributed by atoms with van der Waals surface area (Å²) in [5, 5.41) is 6.03. The lowest BCUT2D eigenvalue weighted by atomic mass is 10.2. The Kier molecular flexibility index (Phi) is 6.12. The van der Waals surface area contributed by atoms with Gasteiger partial charge in [-0.3, -0.25) is 9.59 Å². The van der Waals surface area contributed by atoms with Gasteiger partial charge in [-0.15, -0.1) is 0 Å². The van der Waals surface area contributed by atoms with Crippen molar-refractivity contribution in [3.8, 4) is 0 Å². The highest BCUT2D eigenvalue weighted by Crippen LogP contribution is 2.18. The van der Waals surface area contributed by atoms with Gasteiger partial charge in [-0.1, -0.05) is 0 Å². The SMILES string of the molecule is CCN(CC)C(=O)CCNC(C)C(=O)NC1CC1. The Labute approximate surface area is 109 Å². The van der Waals surface area contributed by atoms with E-state index in [1.165, 1.54) is 0 Å². The highest BCUT2D eigenvalue weighted by atomic mass is 16.2. The Morgan fingerprint density at radius 1 is 1.28 bits per heavy atom. The fourth-order valence-electron chi connectivity index (χ4n) is 1.78. The molecule has 0 aromatic heterocycles. The third-order valence-electron chi connectivity index (χ3n) is 3.22. The summed E-state index contributed by atoms with van der Waals surface area (Å²) in [5.41, 5.74) is 0. The van der Waals surface area contributed by atoms with Gasteiger partial charge >= 0.3 is 0 Å². The average molecular weight is 255 g/mol. The Balaban J connectivity index is 2.15. The van der Waals surface area contributed by atoms with Gasteiger partial charge in [0.2, 0.25) is 11.8 Å². The summed E-state index contributed by atoms with van der Waals surface area (Å²) in [7, 11) is 0. The van der Waals surface area contributed by atoms with Crippen LogP contribution in [-0.2, 0) is 9.59 Å². The lowest BCUT2D eigenvalue weighted by molar-refractivity contribution is -0.131. The molecule has 0 heterocycles. The molecule has 1 fully saturated rings. The molecule has 1 aliphatic carbocycles. The molecule has 2 amide bonds. The third-order valence-corrected chi connectivity index (χ3v) is 3.22. The van der Waals surface area contributed by atoms with Crippen LogP contribution in [0.4, 0.5) is 0 Å². The van der Waals surface area contributed by atoms with Crippen molar-refractivity contribution in [2.24, 2.45) is 0 Å². The van der Waals surface area contributed by atoms with Crippen LogP contribution in [0.2, 0.25) is 0 Å². The molecule has 1 saturated carbocycles. The minimum absolute atomic E-state index is 0.0350. The van der Waals surface area contributed by atoms with Gasteiger partial charge in [0.1, 0.15) is 0 Å². The number of carbonyl (C=O) groups is 2. The number of nitrogens with zero attached hydrogens (tertiary/aromatic N) is 1. The molecule has 0 aromatic rings. The van der Waals surface area contributed by atoms with Crippen molar-refractivity contribution in [2.75, 3.05) is 19.6 Å². The van der Waals surface area contributed by atoms with Crippen LogP contribution in [0.3, 0.4) is 0 Å². The van der Waals surface area contributed by atoms with Crippen molar-refractivity contribution in [3.05, 3.63) is 0 Å². The molecule has 1 atom stereocenters. The van der Waals surface area contributed by atoms with Crippen molar-refractivity contribution in [3.63, 3.8) is 0 Å². The highest BCUT2D eigenvalue weighted by Gasteiger charge is 2.25. The molecule has 0 radical (unpaired) electrons. The molecule has 2 N–H and O–H groups in total. The van der Waals surface area contributed by atoms with Gasteiger partial charge in [0, 0.05) is 32.1 Å². The molecular formula is C13H25N3O2. The van der Waals surface area contributed by atoms with E-state index in [2.05, 4.69) is 10.6 Å². The molecule has 18 heavy (non-hydrogen) atoms. The second-order valence-electron chi connectivity index (χ2n) is 4.77. The normalized spacial score (nSPS) is 16.2. The largest absolute Gasteiger partial charge is 0.352 e. The predicted molar refractivity (Wildman–Crippen MR) is 71.2 cm³/mol. The number of nitrogens with one attached hydrogen (secondary N) is 2. The highest BCUT2D eigenvalue weighted by molar-refractivity contribution is 5.82. The maximum atomic E-state index is 11.7. The van der Waals surface area contributed by atoms with Gasteiger partial charge in [0.15, 0.2) is 0 Å². The number of carbonyl (C=O) groups excluding carboxylic acids is 2. The zero-order valence-corrected chi connectivity index (χ0v) is 11.7. The molecule has 1 unspecified atom stereocenters. The fourth-order valence-corrected chi connectivity index (χ4v) is 1.78. The van der Waals surface area contributed by atoms with Crippen LogP contribution < -0.4 is 10.6 Å². The molecule has 0 bridgehead atoms. The number of rotatable bonds is 8. The van der Waals surface area contributed by atoms with Crippen molar-refractivity contribution >= 4 is 11.8 Å². The van der Waals surface area contributed by atoms with Gasteiger partial charge in [0.25, 0.3) is 0 Å². The first-order valence-corrected chi connectivity index (χ1v) is 6.90. The van der Waals surface area contributed by atoms with E-state index in [1.54, 1.807) is 4.90 Å². The van der Waals surface area contributed by atoms with Crippen LogP contribution in [0.25, 0.3) is 0 Å². The molecule has 5 heteroatoms. The van der Waals surface area contributed by atoms with Crippen molar-refractivity contribution in [2.45, 2.75) is 52.1 Å². The van der Waals surface area contributed by atoms with E-state index in [0.717, 1.165) is 25.9 Å². The summed E-state index contributed by atoms with van der Waals surface area (Å²) in [6.45, 7) is 7.81. The molecule has 5 nitrogen and oxygen atoms in total. The molecule has 1 rings (SSSR count). The first kappa shape index (κ1) is 15.0. The quantitative estimate of drug-likeness (QED) is 0.664. The van der Waals surface area contributed by atoms with E-state index in [4.69, 9.17) is 0 Å². The first-order chi connectivity index (χ1) is 8.58. The van der Waals surface area contributed by atoms with Crippen LogP contribution in [0.15, 0.2) is 0 Å². The number of hydrogen-bond acceptors (Lipinski definition) is 3. The predicted octanol–water partition coefficient (Wildman–Crippen LogP) is 0.502. The van der Waals surface area contributed by atoms with Gasteiger partial charge in [-0.05, 0) is 33.6 Å². The van der Waals surface area contributed by atoms with Crippen LogP contribution >= 0.6 is 0 Å². The molecule has 0 saturated heterocycles. The lowest BCUT2D eigenvalue weighted by Gasteiger charge is -2.19. The summed E-state index contributed by atoms with van der Waals surface area (Å²) < 4.78 is 0. The van der Waals surface area contributed by atoms with Crippen LogP contribution in [-0.4, -0.2) is 48.4 Å². The van der Waals surface area contributed by atoms with E-state index >= 15 is 0 Å². The van der Waals surface area contributed by atoms with E-state index < -0.39 is 0 Å². The van der Waals surface area contributed by atoms with Crippen molar-refractivity contribution in [1.29, 1.82) is 0 Å². The van der Waals surface area contributed by atoms with E-state index in [-0.39, 0.29) is 17.9 Å². The molecule has 1 aliphatic rings. The minimum atomic E-state index is -0.227. The van der Waals surface area contributed by atoms with Gasteiger partial charge in [-0.25, -0.2) is 0 Å². The standard InChI is InChI=1S/C13H25N3O2/c1-4-16(5-2)12(17)8-9-14-10(3)13(18)15-11-6-7-11/h10-11,14H,4-9H2,1-3H3,(H,15,18). The zero-order valence-electron chi connectivity index (χ0n) is 11.7. The Morgan fingerprint density at radius 2 is 1.89 bits per heavy atom. The van der Waals surface area contributed by atoms with Gasteiger partial charge in [-0.2, -0.15) is 0 Å². The van der Waals surface area contributed by atoms with E-state index in [1.807, 2.05) is 20.8 Å². The summed E-state index contributed by atoms with van der Waals surface area (Å²) in [5.74, 6) is 0.176.